The van der Waals surface area contributed by atoms with Gasteiger partial charge in [-0.05, 0) is 26.3 Å². The number of aromatic nitrogens is 3. The number of nitrogens with zero attached hydrogens (tertiary/aromatic N) is 2. The number of esters is 2. The van der Waals surface area contributed by atoms with Crippen LogP contribution in [0.15, 0.2) is 9.85 Å². The van der Waals surface area contributed by atoms with Crippen LogP contribution in [-0.2, 0) is 15.2 Å². The second-order valence-electron chi connectivity index (χ2n) is 4.41. The minimum atomic E-state index is -0.484. The number of aromatic amines is 1. The average Bonchev–Trinajstić information content (AvgIpc) is 3.13. The van der Waals surface area contributed by atoms with E-state index in [0.29, 0.717) is 22.6 Å². The van der Waals surface area contributed by atoms with Crippen LogP contribution in [0.5, 0.6) is 0 Å². The maximum absolute atomic E-state index is 12.2. The molecule has 2 aromatic heterocycles. The number of carbonyl (C=O) groups excluding carboxylic acids is 2. The van der Waals surface area contributed by atoms with Gasteiger partial charge in [0.25, 0.3) is 0 Å². The Balaban J connectivity index is 2.31. The van der Waals surface area contributed by atoms with Gasteiger partial charge in [0.05, 0.1) is 18.8 Å². The van der Waals surface area contributed by atoms with Crippen LogP contribution >= 0.6 is 23.1 Å². The molecule has 2 heterocycles. The molecule has 0 atom stereocenters. The van der Waals surface area contributed by atoms with E-state index in [1.165, 1.54) is 23.1 Å². The lowest BCUT2D eigenvalue weighted by molar-refractivity contribution is 0.0518. The minimum absolute atomic E-state index is 0.265. The Morgan fingerprint density at radius 1 is 1.26 bits per heavy atom. The zero-order valence-electron chi connectivity index (χ0n) is 13.0. The Kier molecular flexibility index (Phi) is 6.17. The molecule has 2 rings (SSSR count). The van der Waals surface area contributed by atoms with Crippen molar-refractivity contribution in [3.05, 3.63) is 28.0 Å². The highest BCUT2D eigenvalue weighted by Crippen LogP contribution is 2.28. The van der Waals surface area contributed by atoms with Crippen LogP contribution in [-0.4, -0.2) is 40.3 Å². The van der Waals surface area contributed by atoms with E-state index in [2.05, 4.69) is 15.2 Å². The predicted octanol–water partition coefficient (Wildman–Crippen LogP) is 2.82. The van der Waals surface area contributed by atoms with Crippen molar-refractivity contribution in [2.75, 3.05) is 13.2 Å². The number of ether oxygens (including phenoxy) is 2. The molecular formula is C14H17N3O4S2. The molecule has 0 aliphatic rings. The number of nitrogens with one attached hydrogen (secondary N) is 1. The largest absolute Gasteiger partial charge is 0.462 e. The van der Waals surface area contributed by atoms with Crippen molar-refractivity contribution >= 4 is 35.0 Å². The van der Waals surface area contributed by atoms with Crippen LogP contribution in [0.2, 0.25) is 0 Å². The van der Waals surface area contributed by atoms with E-state index in [0.717, 1.165) is 4.34 Å². The van der Waals surface area contributed by atoms with Crippen LogP contribution in [0.1, 0.15) is 46.0 Å². The molecule has 0 spiro atoms. The van der Waals surface area contributed by atoms with Crippen molar-refractivity contribution in [1.29, 1.82) is 0 Å². The fourth-order valence-electron chi connectivity index (χ4n) is 2.01. The van der Waals surface area contributed by atoms with E-state index in [9.17, 15) is 9.59 Å². The SMILES string of the molecule is CCOC(=O)c1[nH]c(CSc2nncs2)c(C(=O)OCC)c1C. The molecule has 0 aromatic carbocycles. The van der Waals surface area contributed by atoms with Gasteiger partial charge >= 0.3 is 11.9 Å². The van der Waals surface area contributed by atoms with Crippen LogP contribution < -0.4 is 0 Å². The summed E-state index contributed by atoms with van der Waals surface area (Å²) in [6.07, 6.45) is 0. The Morgan fingerprint density at radius 3 is 2.57 bits per heavy atom. The van der Waals surface area contributed by atoms with E-state index in [-0.39, 0.29) is 18.9 Å². The lowest BCUT2D eigenvalue weighted by Gasteiger charge is -2.04. The van der Waals surface area contributed by atoms with E-state index >= 15 is 0 Å². The zero-order chi connectivity index (χ0) is 16.8. The molecule has 0 radical (unpaired) electrons. The summed E-state index contributed by atoms with van der Waals surface area (Å²) in [4.78, 5) is 27.2. The fourth-order valence-corrected chi connectivity index (χ4v) is 3.46. The van der Waals surface area contributed by atoms with E-state index < -0.39 is 11.9 Å². The normalized spacial score (nSPS) is 10.6. The summed E-state index contributed by atoms with van der Waals surface area (Å²) in [5, 5.41) is 7.71. The molecule has 1 N–H and O–H groups in total. The van der Waals surface area contributed by atoms with Gasteiger partial charge in [-0.2, -0.15) is 0 Å². The van der Waals surface area contributed by atoms with Crippen LogP contribution in [0.25, 0.3) is 0 Å². The van der Waals surface area contributed by atoms with E-state index in [1.807, 2.05) is 0 Å². The van der Waals surface area contributed by atoms with Gasteiger partial charge < -0.3 is 14.5 Å². The second kappa shape index (κ2) is 8.11. The lowest BCUT2D eigenvalue weighted by Crippen LogP contribution is -2.09. The molecule has 0 bridgehead atoms. The number of rotatable bonds is 7. The van der Waals surface area contributed by atoms with Crippen molar-refractivity contribution in [1.82, 2.24) is 15.2 Å². The van der Waals surface area contributed by atoms with Gasteiger partial charge in [0.1, 0.15) is 11.2 Å². The van der Waals surface area contributed by atoms with Crippen molar-refractivity contribution in [2.45, 2.75) is 30.9 Å². The van der Waals surface area contributed by atoms with E-state index in [4.69, 9.17) is 9.47 Å². The number of hydrogen-bond donors (Lipinski definition) is 1. The van der Waals surface area contributed by atoms with Crippen molar-refractivity contribution in [2.24, 2.45) is 0 Å². The number of hydrogen-bond acceptors (Lipinski definition) is 8. The van der Waals surface area contributed by atoms with Crippen LogP contribution in [0.4, 0.5) is 0 Å². The molecule has 23 heavy (non-hydrogen) atoms. The number of carbonyl (C=O) groups is 2. The topological polar surface area (TPSA) is 94.2 Å². The monoisotopic (exact) mass is 355 g/mol. The van der Waals surface area contributed by atoms with Gasteiger partial charge in [-0.3, -0.25) is 0 Å². The third-order valence-corrected chi connectivity index (χ3v) is 4.85. The summed E-state index contributed by atoms with van der Waals surface area (Å²) < 4.78 is 10.9. The first-order chi connectivity index (χ1) is 11.1. The first kappa shape index (κ1) is 17.5. The third kappa shape index (κ3) is 4.11. The first-order valence-electron chi connectivity index (χ1n) is 7.03. The van der Waals surface area contributed by atoms with Gasteiger partial charge in [0.2, 0.25) is 0 Å². The van der Waals surface area contributed by atoms with E-state index in [1.54, 1.807) is 26.3 Å². The Morgan fingerprint density at radius 2 is 1.96 bits per heavy atom. The van der Waals surface area contributed by atoms with Crippen molar-refractivity contribution < 1.29 is 19.1 Å². The lowest BCUT2D eigenvalue weighted by atomic mass is 10.1. The Hall–Kier alpha value is -1.87. The second-order valence-corrected chi connectivity index (χ2v) is 6.47. The standard InChI is InChI=1S/C14H17N3O4S2/c1-4-20-12(18)10-8(3)11(13(19)21-5-2)16-9(10)6-22-14-17-15-7-23-14/h7,16H,4-6H2,1-3H3. The summed E-state index contributed by atoms with van der Waals surface area (Å²) in [5.41, 5.74) is 3.45. The van der Waals surface area contributed by atoms with Crippen LogP contribution in [0.3, 0.4) is 0 Å². The van der Waals surface area contributed by atoms with Gasteiger partial charge in [0, 0.05) is 11.4 Å². The molecule has 124 valence electrons. The third-order valence-electron chi connectivity index (χ3n) is 2.97. The maximum atomic E-state index is 12.2. The fraction of sp³-hybridized carbons (Fsp3) is 0.429. The summed E-state index contributed by atoms with van der Waals surface area (Å²) in [6, 6.07) is 0. The summed E-state index contributed by atoms with van der Waals surface area (Å²) >= 11 is 2.84. The summed E-state index contributed by atoms with van der Waals surface area (Å²) in [7, 11) is 0. The van der Waals surface area contributed by atoms with Gasteiger partial charge in [0.15, 0.2) is 4.34 Å². The predicted molar refractivity (Wildman–Crippen MR) is 86.9 cm³/mol. The van der Waals surface area contributed by atoms with Gasteiger partial charge in [-0.25, -0.2) is 9.59 Å². The molecule has 0 amide bonds. The van der Waals surface area contributed by atoms with Crippen molar-refractivity contribution in [3.8, 4) is 0 Å². The number of H-pyrrole nitrogens is 1. The molecule has 0 saturated heterocycles. The highest BCUT2D eigenvalue weighted by atomic mass is 32.2. The maximum Gasteiger partial charge on any atom is 0.355 e. The molecule has 0 saturated carbocycles. The van der Waals surface area contributed by atoms with Gasteiger partial charge in [-0.1, -0.05) is 23.1 Å². The Labute approximate surface area is 141 Å². The van der Waals surface area contributed by atoms with Crippen LogP contribution in [0, 0.1) is 6.92 Å². The minimum Gasteiger partial charge on any atom is -0.462 e. The zero-order valence-corrected chi connectivity index (χ0v) is 14.7. The smallest absolute Gasteiger partial charge is 0.355 e. The highest BCUT2D eigenvalue weighted by molar-refractivity contribution is 8.00. The number of thioether (sulfide) groups is 1. The van der Waals surface area contributed by atoms with Crippen molar-refractivity contribution in [3.63, 3.8) is 0 Å². The summed E-state index contributed by atoms with van der Waals surface area (Å²) in [5.74, 6) is -0.490. The molecule has 7 nitrogen and oxygen atoms in total. The molecule has 0 fully saturated rings. The molecule has 0 aliphatic heterocycles. The van der Waals surface area contributed by atoms with Gasteiger partial charge in [-0.15, -0.1) is 10.2 Å². The molecule has 0 unspecified atom stereocenters. The highest BCUT2D eigenvalue weighted by Gasteiger charge is 2.25. The summed E-state index contributed by atoms with van der Waals surface area (Å²) in [6.45, 7) is 5.70. The average molecular weight is 355 g/mol. The molecule has 0 aliphatic carbocycles. The first-order valence-corrected chi connectivity index (χ1v) is 8.89. The molecule has 9 heteroatoms. The molecular weight excluding hydrogens is 338 g/mol. The quantitative estimate of drug-likeness (QED) is 0.603. The Bertz CT molecular complexity index is 683. The molecule has 2 aromatic rings.